The normalized spacial score (nSPS) is 10.7. The molecule has 0 atom stereocenters. The summed E-state index contributed by atoms with van der Waals surface area (Å²) in [5.74, 6) is -0.538. The van der Waals surface area contributed by atoms with Gasteiger partial charge in [-0.25, -0.2) is 9.59 Å². The maximum absolute atomic E-state index is 11.2. The van der Waals surface area contributed by atoms with E-state index in [0.29, 0.717) is 6.61 Å². The van der Waals surface area contributed by atoms with Gasteiger partial charge in [-0.15, -0.1) is 0 Å². The van der Waals surface area contributed by atoms with E-state index in [1.165, 1.54) is 20.3 Å². The van der Waals surface area contributed by atoms with Gasteiger partial charge in [-0.05, 0) is 20.3 Å². The van der Waals surface area contributed by atoms with Crippen molar-refractivity contribution in [1.29, 1.82) is 0 Å². The molecule has 13 heavy (non-hydrogen) atoms. The third-order valence-corrected chi connectivity index (χ3v) is 1.52. The molecule has 0 aromatic rings. The van der Waals surface area contributed by atoms with Crippen LogP contribution in [0, 0.1) is 0 Å². The molecule has 75 valence electrons. The molecule has 0 heterocycles. The molecule has 0 bridgehead atoms. The van der Waals surface area contributed by atoms with Crippen molar-refractivity contribution in [3.05, 3.63) is 0 Å². The minimum absolute atomic E-state index is 0.362. The second kappa shape index (κ2) is 5.56. The van der Waals surface area contributed by atoms with Crippen LogP contribution in [0.25, 0.3) is 0 Å². The lowest BCUT2D eigenvalue weighted by Gasteiger charge is -2.19. The average molecular weight is 187 g/mol. The molecular formula is C9H15O4. The molecule has 1 radical (unpaired) electrons. The lowest BCUT2D eigenvalue weighted by Crippen LogP contribution is -2.36. The van der Waals surface area contributed by atoms with E-state index < -0.39 is 11.6 Å². The first-order valence-corrected chi connectivity index (χ1v) is 4.27. The summed E-state index contributed by atoms with van der Waals surface area (Å²) < 4.78 is 9.30. The van der Waals surface area contributed by atoms with E-state index in [2.05, 4.69) is 4.74 Å². The predicted octanol–water partition coefficient (Wildman–Crippen LogP) is 1.19. The Kier molecular flexibility index (Phi) is 5.11. The highest BCUT2D eigenvalue weighted by Gasteiger charge is 2.31. The molecule has 0 fully saturated rings. The fourth-order valence-electron chi connectivity index (χ4n) is 0.629. The third kappa shape index (κ3) is 4.50. The molecule has 0 aromatic heterocycles. The van der Waals surface area contributed by atoms with Gasteiger partial charge in [0.05, 0.1) is 6.61 Å². The molecule has 0 aliphatic rings. The van der Waals surface area contributed by atoms with Crippen LogP contribution in [-0.4, -0.2) is 24.6 Å². The fraction of sp³-hybridized carbons (Fsp3) is 0.778. The number of carbonyl (C=O) groups is 1. The number of hydrogen-bond acceptors (Lipinski definition) is 4. The van der Waals surface area contributed by atoms with Gasteiger partial charge in [0, 0.05) is 0 Å². The van der Waals surface area contributed by atoms with E-state index in [1.54, 1.807) is 0 Å². The van der Waals surface area contributed by atoms with Gasteiger partial charge >= 0.3 is 12.4 Å². The lowest BCUT2D eigenvalue weighted by atomic mass is 10.1. The lowest BCUT2D eigenvalue weighted by molar-refractivity contribution is -0.160. The molecule has 0 amide bonds. The van der Waals surface area contributed by atoms with Crippen molar-refractivity contribution in [2.45, 2.75) is 39.2 Å². The van der Waals surface area contributed by atoms with E-state index in [9.17, 15) is 9.59 Å². The van der Waals surface area contributed by atoms with E-state index >= 15 is 0 Å². The number of ether oxygens (including phenoxy) is 2. The predicted molar refractivity (Wildman–Crippen MR) is 46.7 cm³/mol. The van der Waals surface area contributed by atoms with E-state index in [0.717, 1.165) is 12.8 Å². The SMILES string of the molecule is CCCCOC(=O)C(C)(C)O[C]=O. The zero-order valence-electron chi connectivity index (χ0n) is 8.25. The van der Waals surface area contributed by atoms with Crippen LogP contribution in [0.15, 0.2) is 0 Å². The number of unbranched alkanes of at least 4 members (excludes halogenated alkanes) is 1. The Labute approximate surface area is 78.2 Å². The van der Waals surface area contributed by atoms with Crippen molar-refractivity contribution in [3.8, 4) is 0 Å². The van der Waals surface area contributed by atoms with Gasteiger partial charge in [-0.2, -0.15) is 0 Å². The first-order valence-electron chi connectivity index (χ1n) is 4.27. The van der Waals surface area contributed by atoms with Crippen molar-refractivity contribution in [1.82, 2.24) is 0 Å². The van der Waals surface area contributed by atoms with Crippen molar-refractivity contribution in [3.63, 3.8) is 0 Å². The van der Waals surface area contributed by atoms with Crippen LogP contribution in [0.2, 0.25) is 0 Å². The Hall–Kier alpha value is -1.06. The highest BCUT2D eigenvalue weighted by molar-refractivity contribution is 5.79. The standard InChI is InChI=1S/C9H15O4/c1-4-5-6-12-8(11)9(2,3)13-7-10/h4-6H2,1-3H3. The van der Waals surface area contributed by atoms with Crippen molar-refractivity contribution < 1.29 is 19.1 Å². The van der Waals surface area contributed by atoms with Crippen LogP contribution in [-0.2, 0) is 19.1 Å². The number of rotatable bonds is 6. The molecule has 0 aromatic carbocycles. The Morgan fingerprint density at radius 2 is 2.08 bits per heavy atom. The smallest absolute Gasteiger partial charge is 0.418 e. The minimum atomic E-state index is -1.23. The maximum Gasteiger partial charge on any atom is 0.418 e. The first kappa shape index (κ1) is 11.9. The molecule has 0 saturated carbocycles. The molecule has 0 N–H and O–H groups in total. The Bertz CT molecular complexity index is 174. The zero-order chi connectivity index (χ0) is 10.3. The van der Waals surface area contributed by atoms with Gasteiger partial charge in [0.15, 0.2) is 0 Å². The second-order valence-electron chi connectivity index (χ2n) is 3.19. The minimum Gasteiger partial charge on any atom is -0.463 e. The molecule has 0 spiro atoms. The van der Waals surface area contributed by atoms with Crippen LogP contribution in [0.3, 0.4) is 0 Å². The first-order chi connectivity index (χ1) is 6.04. The Balaban J connectivity index is 3.86. The molecule has 0 aliphatic heterocycles. The van der Waals surface area contributed by atoms with Crippen LogP contribution in [0.1, 0.15) is 33.6 Å². The van der Waals surface area contributed by atoms with Gasteiger partial charge in [0.1, 0.15) is 0 Å². The summed E-state index contributed by atoms with van der Waals surface area (Å²) in [6.45, 7) is 6.51. The molecule has 4 heteroatoms. The van der Waals surface area contributed by atoms with Gasteiger partial charge in [0.25, 0.3) is 0 Å². The summed E-state index contributed by atoms with van der Waals surface area (Å²) in [6, 6.07) is 0. The summed E-state index contributed by atoms with van der Waals surface area (Å²) in [4.78, 5) is 21.1. The van der Waals surface area contributed by atoms with Crippen LogP contribution >= 0.6 is 0 Å². The summed E-state index contributed by atoms with van der Waals surface area (Å²) in [6.07, 6.45) is 1.76. The second-order valence-corrected chi connectivity index (χ2v) is 3.19. The van der Waals surface area contributed by atoms with Gasteiger partial charge < -0.3 is 9.47 Å². The summed E-state index contributed by atoms with van der Waals surface area (Å²) in [5.41, 5.74) is -1.23. The molecule has 0 rings (SSSR count). The van der Waals surface area contributed by atoms with Gasteiger partial charge in [0.2, 0.25) is 5.60 Å². The summed E-state index contributed by atoms with van der Waals surface area (Å²) >= 11 is 0. The van der Waals surface area contributed by atoms with Crippen molar-refractivity contribution in [2.24, 2.45) is 0 Å². The van der Waals surface area contributed by atoms with Crippen LogP contribution < -0.4 is 0 Å². The Morgan fingerprint density at radius 1 is 1.46 bits per heavy atom. The quantitative estimate of drug-likeness (QED) is 0.463. The topological polar surface area (TPSA) is 52.6 Å². The van der Waals surface area contributed by atoms with E-state index in [-0.39, 0.29) is 0 Å². The van der Waals surface area contributed by atoms with Crippen LogP contribution in [0.4, 0.5) is 0 Å². The zero-order valence-corrected chi connectivity index (χ0v) is 8.25. The average Bonchev–Trinajstić information content (AvgIpc) is 2.04. The van der Waals surface area contributed by atoms with E-state index in [4.69, 9.17) is 4.74 Å². The summed E-state index contributed by atoms with van der Waals surface area (Å²) in [5, 5.41) is 0. The van der Waals surface area contributed by atoms with E-state index in [1.807, 2.05) is 6.92 Å². The van der Waals surface area contributed by atoms with Gasteiger partial charge in [-0.3, -0.25) is 0 Å². The summed E-state index contributed by atoms with van der Waals surface area (Å²) in [7, 11) is 0. The largest absolute Gasteiger partial charge is 0.463 e. The number of hydrogen-bond donors (Lipinski definition) is 0. The third-order valence-electron chi connectivity index (χ3n) is 1.52. The molecule has 0 aliphatic carbocycles. The van der Waals surface area contributed by atoms with Gasteiger partial charge in [-0.1, -0.05) is 13.3 Å². The van der Waals surface area contributed by atoms with Crippen molar-refractivity contribution >= 4 is 12.4 Å². The molecular weight excluding hydrogens is 172 g/mol. The molecule has 0 saturated heterocycles. The fourth-order valence-corrected chi connectivity index (χ4v) is 0.629. The highest BCUT2D eigenvalue weighted by atomic mass is 16.6. The van der Waals surface area contributed by atoms with Crippen molar-refractivity contribution in [2.75, 3.05) is 6.61 Å². The monoisotopic (exact) mass is 187 g/mol. The maximum atomic E-state index is 11.2. The Morgan fingerprint density at radius 3 is 2.54 bits per heavy atom. The van der Waals surface area contributed by atoms with Crippen LogP contribution in [0.5, 0.6) is 0 Å². The molecule has 0 unspecified atom stereocenters. The molecule has 4 nitrogen and oxygen atoms in total. The highest BCUT2D eigenvalue weighted by Crippen LogP contribution is 2.10. The number of esters is 1. The number of carbonyl (C=O) groups excluding carboxylic acids is 2.